The third kappa shape index (κ3) is 4.46. The molecule has 0 atom stereocenters. The van der Waals surface area contributed by atoms with Crippen molar-refractivity contribution in [3.05, 3.63) is 90.8 Å². The molecule has 0 bridgehead atoms. The number of fused-ring (bicyclic) bond motifs is 1. The number of rotatable bonds is 7. The molecule has 2 aromatic carbocycles. The summed E-state index contributed by atoms with van der Waals surface area (Å²) in [6, 6.07) is 21.5. The molecule has 0 unspecified atom stereocenters. The van der Waals surface area contributed by atoms with Crippen LogP contribution in [0.2, 0.25) is 0 Å². The summed E-state index contributed by atoms with van der Waals surface area (Å²) in [6.07, 6.45) is 3.27. The Morgan fingerprint density at radius 2 is 1.48 bits per heavy atom. The molecule has 0 aliphatic heterocycles. The maximum atomic E-state index is 12.6. The maximum absolute atomic E-state index is 12.6. The topological polar surface area (TPSA) is 58.6 Å². The van der Waals surface area contributed by atoms with Gasteiger partial charge in [0.2, 0.25) is 5.91 Å². The molecular formula is C22H20N2O3. The predicted octanol–water partition coefficient (Wildman–Crippen LogP) is 4.67. The molecule has 4 rings (SSSR count). The number of furan rings is 2. The minimum Gasteiger partial charge on any atom is -0.468 e. The molecule has 0 aliphatic carbocycles. The molecule has 0 aliphatic rings. The number of hydrogen-bond acceptors (Lipinski definition) is 4. The van der Waals surface area contributed by atoms with Gasteiger partial charge in [-0.1, -0.05) is 30.3 Å². The van der Waals surface area contributed by atoms with Gasteiger partial charge in [-0.2, -0.15) is 0 Å². The second-order valence-corrected chi connectivity index (χ2v) is 6.41. The normalized spacial score (nSPS) is 11.1. The fourth-order valence-electron chi connectivity index (χ4n) is 3.08. The molecule has 136 valence electrons. The number of carbonyl (C=O) groups excluding carboxylic acids is 1. The molecular weight excluding hydrogens is 340 g/mol. The van der Waals surface area contributed by atoms with Gasteiger partial charge in [-0.3, -0.25) is 9.69 Å². The number of benzene rings is 2. The first-order valence-electron chi connectivity index (χ1n) is 8.82. The van der Waals surface area contributed by atoms with Crippen LogP contribution in [0, 0.1) is 0 Å². The van der Waals surface area contributed by atoms with Crippen molar-refractivity contribution in [2.24, 2.45) is 0 Å². The van der Waals surface area contributed by atoms with E-state index in [1.54, 1.807) is 12.5 Å². The zero-order valence-electron chi connectivity index (χ0n) is 14.8. The second kappa shape index (κ2) is 7.93. The summed E-state index contributed by atoms with van der Waals surface area (Å²) in [5, 5.41) is 5.22. The number of carbonyl (C=O) groups is 1. The first-order valence-corrected chi connectivity index (χ1v) is 8.82. The van der Waals surface area contributed by atoms with E-state index in [0.29, 0.717) is 13.1 Å². The van der Waals surface area contributed by atoms with Crippen LogP contribution in [0.4, 0.5) is 5.69 Å². The Morgan fingerprint density at radius 3 is 2.11 bits per heavy atom. The lowest BCUT2D eigenvalue weighted by atomic mass is 10.1. The van der Waals surface area contributed by atoms with E-state index in [1.807, 2.05) is 65.6 Å². The van der Waals surface area contributed by atoms with Crippen molar-refractivity contribution in [1.82, 2.24) is 4.90 Å². The summed E-state index contributed by atoms with van der Waals surface area (Å²) in [7, 11) is 0. The molecule has 2 aromatic heterocycles. The van der Waals surface area contributed by atoms with E-state index in [1.165, 1.54) is 0 Å². The summed E-state index contributed by atoms with van der Waals surface area (Å²) >= 11 is 0. The van der Waals surface area contributed by atoms with Crippen LogP contribution < -0.4 is 5.32 Å². The van der Waals surface area contributed by atoms with Gasteiger partial charge in [0, 0.05) is 5.69 Å². The fraction of sp³-hybridized carbons (Fsp3) is 0.136. The average Bonchev–Trinajstić information content (AvgIpc) is 3.36. The minimum absolute atomic E-state index is 0.0802. The smallest absolute Gasteiger partial charge is 0.238 e. The maximum Gasteiger partial charge on any atom is 0.238 e. The van der Waals surface area contributed by atoms with Crippen molar-refractivity contribution >= 4 is 22.4 Å². The molecule has 5 nitrogen and oxygen atoms in total. The highest BCUT2D eigenvalue weighted by atomic mass is 16.3. The zero-order valence-corrected chi connectivity index (χ0v) is 14.8. The molecule has 0 spiro atoms. The molecule has 0 fully saturated rings. The van der Waals surface area contributed by atoms with Gasteiger partial charge in [0.25, 0.3) is 0 Å². The standard InChI is InChI=1S/C22H20N2O3/c25-22(23-19-10-9-17-5-1-2-6-18(17)13-19)16-24(14-20-7-3-11-26-20)15-21-8-4-12-27-21/h1-13H,14-16H2,(H,23,25). The lowest BCUT2D eigenvalue weighted by molar-refractivity contribution is -0.117. The number of anilines is 1. The minimum atomic E-state index is -0.0802. The molecule has 2 heterocycles. The van der Waals surface area contributed by atoms with Crippen molar-refractivity contribution in [2.75, 3.05) is 11.9 Å². The Balaban J connectivity index is 1.44. The van der Waals surface area contributed by atoms with Crippen LogP contribution in [0.25, 0.3) is 10.8 Å². The number of hydrogen-bond donors (Lipinski definition) is 1. The summed E-state index contributed by atoms with van der Waals surface area (Å²) < 4.78 is 10.9. The summed E-state index contributed by atoms with van der Waals surface area (Å²) in [5.41, 5.74) is 0.787. The molecule has 1 N–H and O–H groups in total. The third-order valence-electron chi connectivity index (χ3n) is 4.32. The predicted molar refractivity (Wildman–Crippen MR) is 104 cm³/mol. The molecule has 4 aromatic rings. The fourth-order valence-corrected chi connectivity index (χ4v) is 3.08. The van der Waals surface area contributed by atoms with Gasteiger partial charge in [-0.25, -0.2) is 0 Å². The monoisotopic (exact) mass is 360 g/mol. The first-order chi connectivity index (χ1) is 13.3. The molecule has 5 heteroatoms. The van der Waals surface area contributed by atoms with Crippen LogP contribution in [0.15, 0.2) is 88.1 Å². The summed E-state index contributed by atoms with van der Waals surface area (Å²) in [5.74, 6) is 1.53. The van der Waals surface area contributed by atoms with Crippen molar-refractivity contribution in [3.8, 4) is 0 Å². The van der Waals surface area contributed by atoms with E-state index in [-0.39, 0.29) is 12.5 Å². The van der Waals surface area contributed by atoms with Gasteiger partial charge in [0.1, 0.15) is 11.5 Å². The van der Waals surface area contributed by atoms with Crippen LogP contribution >= 0.6 is 0 Å². The van der Waals surface area contributed by atoms with Gasteiger partial charge in [0.15, 0.2) is 0 Å². The molecule has 0 radical (unpaired) electrons. The van der Waals surface area contributed by atoms with Gasteiger partial charge in [-0.05, 0) is 47.2 Å². The Bertz CT molecular complexity index is 971. The van der Waals surface area contributed by atoms with E-state index >= 15 is 0 Å². The molecule has 1 amide bonds. The summed E-state index contributed by atoms with van der Waals surface area (Å²) in [4.78, 5) is 14.6. The van der Waals surface area contributed by atoms with Crippen LogP contribution in [-0.4, -0.2) is 17.4 Å². The first kappa shape index (κ1) is 17.1. The van der Waals surface area contributed by atoms with Crippen LogP contribution in [0.3, 0.4) is 0 Å². The highest BCUT2D eigenvalue weighted by molar-refractivity contribution is 5.95. The number of amides is 1. The Hall–Kier alpha value is -3.31. The van der Waals surface area contributed by atoms with Crippen molar-refractivity contribution in [2.45, 2.75) is 13.1 Å². The largest absolute Gasteiger partial charge is 0.468 e. The summed E-state index contributed by atoms with van der Waals surface area (Å²) in [6.45, 7) is 1.28. The quantitative estimate of drug-likeness (QED) is 0.520. The Labute approximate surface area is 157 Å². The third-order valence-corrected chi connectivity index (χ3v) is 4.32. The SMILES string of the molecule is O=C(CN(Cc1ccco1)Cc1ccco1)Nc1ccc2ccccc2c1. The van der Waals surface area contributed by atoms with E-state index in [2.05, 4.69) is 11.4 Å². The lowest BCUT2D eigenvalue weighted by Gasteiger charge is -2.19. The Morgan fingerprint density at radius 1 is 0.815 bits per heavy atom. The molecule has 0 saturated heterocycles. The lowest BCUT2D eigenvalue weighted by Crippen LogP contribution is -2.32. The zero-order chi connectivity index (χ0) is 18.5. The van der Waals surface area contributed by atoms with E-state index in [0.717, 1.165) is 28.0 Å². The van der Waals surface area contributed by atoms with E-state index in [4.69, 9.17) is 8.83 Å². The van der Waals surface area contributed by atoms with Gasteiger partial charge >= 0.3 is 0 Å². The van der Waals surface area contributed by atoms with Crippen molar-refractivity contribution in [3.63, 3.8) is 0 Å². The van der Waals surface area contributed by atoms with E-state index in [9.17, 15) is 4.79 Å². The van der Waals surface area contributed by atoms with Crippen LogP contribution in [0.1, 0.15) is 11.5 Å². The van der Waals surface area contributed by atoms with Crippen LogP contribution in [-0.2, 0) is 17.9 Å². The molecule has 0 saturated carbocycles. The number of nitrogens with one attached hydrogen (secondary N) is 1. The second-order valence-electron chi connectivity index (χ2n) is 6.41. The van der Waals surface area contributed by atoms with Crippen molar-refractivity contribution < 1.29 is 13.6 Å². The van der Waals surface area contributed by atoms with E-state index < -0.39 is 0 Å². The van der Waals surface area contributed by atoms with Gasteiger partial charge in [-0.15, -0.1) is 0 Å². The van der Waals surface area contributed by atoms with Gasteiger partial charge < -0.3 is 14.2 Å². The molecule has 27 heavy (non-hydrogen) atoms. The Kier molecular flexibility index (Phi) is 5.03. The van der Waals surface area contributed by atoms with Crippen LogP contribution in [0.5, 0.6) is 0 Å². The number of nitrogens with zero attached hydrogens (tertiary/aromatic N) is 1. The highest BCUT2D eigenvalue weighted by Crippen LogP contribution is 2.19. The highest BCUT2D eigenvalue weighted by Gasteiger charge is 2.15. The van der Waals surface area contributed by atoms with Gasteiger partial charge in [0.05, 0.1) is 32.2 Å². The van der Waals surface area contributed by atoms with Crippen molar-refractivity contribution in [1.29, 1.82) is 0 Å². The average molecular weight is 360 g/mol.